The van der Waals surface area contributed by atoms with Crippen LogP contribution in [0.4, 0.5) is 0 Å². The second-order valence-electron chi connectivity index (χ2n) is 7.71. The predicted octanol–water partition coefficient (Wildman–Crippen LogP) is 3.73. The first-order valence-corrected chi connectivity index (χ1v) is 8.85. The van der Waals surface area contributed by atoms with Crippen LogP contribution >= 0.6 is 15.9 Å². The Morgan fingerprint density at radius 1 is 1.43 bits per heavy atom. The van der Waals surface area contributed by atoms with Crippen LogP contribution in [0.25, 0.3) is 0 Å². The molecule has 0 amide bonds. The molecule has 1 heterocycles. The molecule has 1 N–H and O–H groups in total. The molecule has 0 bridgehead atoms. The minimum Gasteiger partial charge on any atom is -0.316 e. The lowest BCUT2D eigenvalue weighted by Gasteiger charge is -2.41. The van der Waals surface area contributed by atoms with Gasteiger partial charge in [0, 0.05) is 13.0 Å². The third kappa shape index (κ3) is 4.28. The van der Waals surface area contributed by atoms with E-state index in [2.05, 4.69) is 59.3 Å². The summed E-state index contributed by atoms with van der Waals surface area (Å²) >= 11 is 3.59. The third-order valence-electron chi connectivity index (χ3n) is 4.67. The summed E-state index contributed by atoms with van der Waals surface area (Å²) in [7, 11) is 2.01. The van der Waals surface area contributed by atoms with Crippen LogP contribution in [0.1, 0.15) is 58.6 Å². The molecular weight excluding hydrogens is 328 g/mol. The van der Waals surface area contributed by atoms with Gasteiger partial charge in [0.05, 0.1) is 5.69 Å². The Kier molecular flexibility index (Phi) is 5.47. The maximum absolute atomic E-state index is 4.19. The topological polar surface area (TPSA) is 42.7 Å². The van der Waals surface area contributed by atoms with Gasteiger partial charge >= 0.3 is 0 Å². The largest absolute Gasteiger partial charge is 0.316 e. The zero-order valence-corrected chi connectivity index (χ0v) is 15.6. The summed E-state index contributed by atoms with van der Waals surface area (Å²) in [6, 6.07) is 0. The molecule has 0 spiro atoms. The van der Waals surface area contributed by atoms with E-state index in [1.165, 1.54) is 25.0 Å². The summed E-state index contributed by atoms with van der Waals surface area (Å²) in [4.78, 5) is 0. The fourth-order valence-corrected chi connectivity index (χ4v) is 4.12. The zero-order chi connectivity index (χ0) is 15.6. The molecule has 4 nitrogen and oxygen atoms in total. The average Bonchev–Trinajstić information content (AvgIpc) is 2.70. The first kappa shape index (κ1) is 16.9. The van der Waals surface area contributed by atoms with Gasteiger partial charge in [0.2, 0.25) is 0 Å². The Balaban J connectivity index is 2.14. The molecule has 0 radical (unpaired) electrons. The monoisotopic (exact) mass is 356 g/mol. The van der Waals surface area contributed by atoms with E-state index in [9.17, 15) is 0 Å². The first-order valence-electron chi connectivity index (χ1n) is 8.06. The molecule has 2 rings (SSSR count). The van der Waals surface area contributed by atoms with Crippen LogP contribution in [0, 0.1) is 17.3 Å². The molecule has 2 unspecified atom stereocenters. The number of aromatic nitrogens is 3. The van der Waals surface area contributed by atoms with E-state index in [0.29, 0.717) is 23.2 Å². The molecule has 1 aliphatic carbocycles. The molecule has 1 fully saturated rings. The van der Waals surface area contributed by atoms with Crippen molar-refractivity contribution in [2.24, 2.45) is 24.3 Å². The van der Waals surface area contributed by atoms with Crippen LogP contribution in [-0.2, 0) is 7.05 Å². The van der Waals surface area contributed by atoms with Crippen molar-refractivity contribution in [1.82, 2.24) is 20.3 Å². The number of rotatable bonds is 5. The molecule has 1 aromatic rings. The normalized spacial score (nSPS) is 25.5. The van der Waals surface area contributed by atoms with Crippen molar-refractivity contribution >= 4 is 15.9 Å². The summed E-state index contributed by atoms with van der Waals surface area (Å²) in [6.07, 6.45) is 3.79. The standard InChI is InChI=1S/C16H29BrN4/c1-11(2)9-18-10-12-6-7-16(3,4)8-13(12)14-15(17)19-20-21(14)5/h11-13,18H,6-10H2,1-5H3. The van der Waals surface area contributed by atoms with E-state index in [1.807, 2.05) is 11.7 Å². The second-order valence-corrected chi connectivity index (χ2v) is 8.47. The molecular formula is C16H29BrN4. The van der Waals surface area contributed by atoms with Crippen LogP contribution in [0.3, 0.4) is 0 Å². The molecule has 21 heavy (non-hydrogen) atoms. The van der Waals surface area contributed by atoms with Crippen molar-refractivity contribution in [2.75, 3.05) is 13.1 Å². The van der Waals surface area contributed by atoms with Crippen molar-refractivity contribution in [3.05, 3.63) is 10.3 Å². The van der Waals surface area contributed by atoms with Crippen molar-refractivity contribution in [2.45, 2.75) is 52.9 Å². The zero-order valence-electron chi connectivity index (χ0n) is 14.0. The van der Waals surface area contributed by atoms with Crippen molar-refractivity contribution in [1.29, 1.82) is 0 Å². The highest BCUT2D eigenvalue weighted by atomic mass is 79.9. The molecule has 1 saturated carbocycles. The highest BCUT2D eigenvalue weighted by Gasteiger charge is 2.38. The van der Waals surface area contributed by atoms with Gasteiger partial charge in [-0.2, -0.15) is 0 Å². The predicted molar refractivity (Wildman–Crippen MR) is 90.3 cm³/mol. The van der Waals surface area contributed by atoms with Crippen molar-refractivity contribution < 1.29 is 0 Å². The fourth-order valence-electron chi connectivity index (χ4n) is 3.50. The summed E-state index contributed by atoms with van der Waals surface area (Å²) < 4.78 is 2.87. The molecule has 2 atom stereocenters. The Labute approximate surface area is 137 Å². The van der Waals surface area contributed by atoms with Gasteiger partial charge in [-0.15, -0.1) is 5.10 Å². The van der Waals surface area contributed by atoms with Gasteiger partial charge < -0.3 is 5.32 Å². The Morgan fingerprint density at radius 3 is 2.71 bits per heavy atom. The van der Waals surface area contributed by atoms with Gasteiger partial charge in [0.15, 0.2) is 4.60 Å². The van der Waals surface area contributed by atoms with Gasteiger partial charge in [-0.05, 0) is 65.5 Å². The molecule has 1 aromatic heterocycles. The summed E-state index contributed by atoms with van der Waals surface area (Å²) in [6.45, 7) is 11.5. The number of aryl methyl sites for hydroxylation is 1. The first-order chi connectivity index (χ1) is 9.80. The van der Waals surface area contributed by atoms with Crippen molar-refractivity contribution in [3.8, 4) is 0 Å². The molecule has 0 saturated heterocycles. The summed E-state index contributed by atoms with van der Waals surface area (Å²) in [5.41, 5.74) is 1.67. The van der Waals surface area contributed by atoms with Crippen molar-refractivity contribution in [3.63, 3.8) is 0 Å². The smallest absolute Gasteiger partial charge is 0.151 e. The molecule has 5 heteroatoms. The highest BCUT2D eigenvalue weighted by molar-refractivity contribution is 9.10. The number of halogens is 1. The average molecular weight is 357 g/mol. The number of nitrogens with one attached hydrogen (secondary N) is 1. The van der Waals surface area contributed by atoms with Crippen LogP contribution in [-0.4, -0.2) is 28.1 Å². The van der Waals surface area contributed by atoms with E-state index in [0.717, 1.165) is 17.7 Å². The van der Waals surface area contributed by atoms with Gasteiger partial charge in [-0.3, -0.25) is 4.68 Å². The Bertz CT molecular complexity index is 447. The lowest BCUT2D eigenvalue weighted by Crippen LogP contribution is -2.36. The van der Waals surface area contributed by atoms with Gasteiger partial charge in [-0.1, -0.05) is 32.9 Å². The number of hydrogen-bond acceptors (Lipinski definition) is 3. The van der Waals surface area contributed by atoms with Crippen LogP contribution in [0.5, 0.6) is 0 Å². The second kappa shape index (κ2) is 6.78. The molecule has 1 aliphatic rings. The van der Waals surface area contributed by atoms with Gasteiger partial charge in [0.1, 0.15) is 0 Å². The van der Waals surface area contributed by atoms with E-state index >= 15 is 0 Å². The maximum atomic E-state index is 4.19. The van der Waals surface area contributed by atoms with Crippen LogP contribution < -0.4 is 5.32 Å². The maximum Gasteiger partial charge on any atom is 0.151 e. The third-order valence-corrected chi connectivity index (χ3v) is 5.24. The van der Waals surface area contributed by atoms with Crippen LogP contribution in [0.2, 0.25) is 0 Å². The Morgan fingerprint density at radius 2 is 2.14 bits per heavy atom. The minimum absolute atomic E-state index is 0.406. The lowest BCUT2D eigenvalue weighted by atomic mass is 9.66. The highest BCUT2D eigenvalue weighted by Crippen LogP contribution is 2.47. The molecule has 0 aromatic carbocycles. The SMILES string of the molecule is CC(C)CNCC1CCC(C)(C)CC1c1c(Br)nnn1C. The number of hydrogen-bond donors (Lipinski definition) is 1. The summed E-state index contributed by atoms with van der Waals surface area (Å²) in [5.74, 6) is 1.90. The quantitative estimate of drug-likeness (QED) is 0.873. The van der Waals surface area contributed by atoms with Crippen LogP contribution in [0.15, 0.2) is 4.60 Å². The summed E-state index contributed by atoms with van der Waals surface area (Å²) in [5, 5.41) is 12.0. The fraction of sp³-hybridized carbons (Fsp3) is 0.875. The molecule has 0 aliphatic heterocycles. The number of nitrogens with zero attached hydrogens (tertiary/aromatic N) is 3. The lowest BCUT2D eigenvalue weighted by molar-refractivity contribution is 0.154. The van der Waals surface area contributed by atoms with E-state index < -0.39 is 0 Å². The van der Waals surface area contributed by atoms with E-state index in [4.69, 9.17) is 0 Å². The minimum atomic E-state index is 0.406. The molecule has 120 valence electrons. The van der Waals surface area contributed by atoms with E-state index in [1.54, 1.807) is 0 Å². The van der Waals surface area contributed by atoms with E-state index in [-0.39, 0.29) is 0 Å². The van der Waals surface area contributed by atoms with Gasteiger partial charge in [0.25, 0.3) is 0 Å². The Hall–Kier alpha value is -0.420. The van der Waals surface area contributed by atoms with Gasteiger partial charge in [-0.25, -0.2) is 0 Å².